The molecule has 0 unspecified atom stereocenters. The molecule has 0 atom stereocenters. The van der Waals surface area contributed by atoms with E-state index in [1.54, 1.807) is 18.2 Å². The highest BCUT2D eigenvalue weighted by Crippen LogP contribution is 2.38. The molecule has 0 spiro atoms. The Kier molecular flexibility index (Phi) is 3.58. The van der Waals surface area contributed by atoms with E-state index in [1.165, 1.54) is 12.1 Å². The first-order valence-corrected chi connectivity index (χ1v) is 7.83. The van der Waals surface area contributed by atoms with Crippen molar-refractivity contribution in [2.45, 2.75) is 0 Å². The molecule has 0 aliphatic heterocycles. The molecular weight excluding hydrogens is 334 g/mol. The number of anilines is 2. The molecule has 26 heavy (non-hydrogen) atoms. The van der Waals surface area contributed by atoms with Crippen molar-refractivity contribution in [2.24, 2.45) is 0 Å². The van der Waals surface area contributed by atoms with Gasteiger partial charge in [-0.15, -0.1) is 0 Å². The summed E-state index contributed by atoms with van der Waals surface area (Å²) in [6, 6.07) is 17.3. The van der Waals surface area contributed by atoms with E-state index >= 15 is 0 Å². The number of nitrogens with one attached hydrogen (secondary N) is 1. The largest absolute Gasteiger partial charge is 0.478 e. The topological polar surface area (TPSA) is 99.8 Å². The standard InChI is InChI=1S/C20H13NO5/c22-19(23)13-8-4-7-12-16-15(21-11-5-2-1-3-6-11)10-9-14(20(24)25)18(16)26-17(12)13/h1-10,21H,(H,22,23)(H,24,25). The predicted octanol–water partition coefficient (Wildman–Crippen LogP) is 4.73. The lowest BCUT2D eigenvalue weighted by Gasteiger charge is -2.08. The Morgan fingerprint density at radius 2 is 1.46 bits per heavy atom. The molecule has 0 aliphatic carbocycles. The fourth-order valence-electron chi connectivity index (χ4n) is 3.02. The maximum Gasteiger partial charge on any atom is 0.339 e. The van der Waals surface area contributed by atoms with Crippen molar-refractivity contribution in [2.75, 3.05) is 5.32 Å². The zero-order valence-electron chi connectivity index (χ0n) is 13.4. The Bertz CT molecular complexity index is 1160. The van der Waals surface area contributed by atoms with E-state index in [2.05, 4.69) is 5.32 Å². The van der Waals surface area contributed by atoms with Crippen molar-refractivity contribution in [3.63, 3.8) is 0 Å². The average Bonchev–Trinajstić information content (AvgIpc) is 3.02. The molecule has 1 aromatic heterocycles. The minimum atomic E-state index is -1.14. The van der Waals surface area contributed by atoms with E-state index in [0.717, 1.165) is 5.69 Å². The quantitative estimate of drug-likeness (QED) is 0.494. The zero-order chi connectivity index (χ0) is 18.3. The average molecular weight is 347 g/mol. The predicted molar refractivity (Wildman–Crippen MR) is 97.4 cm³/mol. The van der Waals surface area contributed by atoms with Crippen LogP contribution in [-0.2, 0) is 0 Å². The van der Waals surface area contributed by atoms with Gasteiger partial charge in [-0.3, -0.25) is 0 Å². The molecule has 6 heteroatoms. The van der Waals surface area contributed by atoms with Crippen molar-refractivity contribution >= 4 is 45.3 Å². The number of hydrogen-bond acceptors (Lipinski definition) is 4. The lowest BCUT2D eigenvalue weighted by Crippen LogP contribution is -1.98. The molecule has 4 aromatic rings. The summed E-state index contributed by atoms with van der Waals surface area (Å²) >= 11 is 0. The highest BCUT2D eigenvalue weighted by molar-refractivity contribution is 6.19. The van der Waals surface area contributed by atoms with Gasteiger partial charge in [-0.1, -0.05) is 30.3 Å². The fourth-order valence-corrected chi connectivity index (χ4v) is 3.02. The number of fused-ring (bicyclic) bond motifs is 3. The minimum Gasteiger partial charge on any atom is -0.478 e. The molecule has 0 saturated carbocycles. The van der Waals surface area contributed by atoms with Crippen molar-refractivity contribution in [3.05, 3.63) is 71.8 Å². The van der Waals surface area contributed by atoms with Crippen molar-refractivity contribution < 1.29 is 24.2 Å². The van der Waals surface area contributed by atoms with Gasteiger partial charge in [-0.25, -0.2) is 9.59 Å². The van der Waals surface area contributed by atoms with Gasteiger partial charge in [0.1, 0.15) is 16.7 Å². The third-order valence-corrected chi connectivity index (χ3v) is 4.16. The molecule has 0 amide bonds. The van der Waals surface area contributed by atoms with Gasteiger partial charge in [-0.05, 0) is 30.3 Å². The third-order valence-electron chi connectivity index (χ3n) is 4.16. The van der Waals surface area contributed by atoms with Crippen LogP contribution >= 0.6 is 0 Å². The Hall–Kier alpha value is -3.80. The van der Waals surface area contributed by atoms with Gasteiger partial charge in [-0.2, -0.15) is 0 Å². The van der Waals surface area contributed by atoms with Crippen LogP contribution in [0.2, 0.25) is 0 Å². The van der Waals surface area contributed by atoms with Crippen LogP contribution in [0.4, 0.5) is 11.4 Å². The van der Waals surface area contributed by atoms with Crippen molar-refractivity contribution in [3.8, 4) is 0 Å². The highest BCUT2D eigenvalue weighted by Gasteiger charge is 2.21. The Balaban J connectivity index is 2.06. The van der Waals surface area contributed by atoms with Crippen LogP contribution in [0.25, 0.3) is 21.9 Å². The van der Waals surface area contributed by atoms with Crippen LogP contribution in [-0.4, -0.2) is 22.2 Å². The lowest BCUT2D eigenvalue weighted by atomic mass is 10.0. The molecule has 6 nitrogen and oxygen atoms in total. The number of carboxylic acid groups (broad SMARTS) is 2. The molecule has 0 saturated heterocycles. The number of carbonyl (C=O) groups is 2. The van der Waals surface area contributed by atoms with Gasteiger partial charge in [0.2, 0.25) is 0 Å². The number of hydrogen-bond donors (Lipinski definition) is 3. The maximum absolute atomic E-state index is 11.6. The second kappa shape index (κ2) is 5.93. The molecule has 3 N–H and O–H groups in total. The Morgan fingerprint density at radius 1 is 0.769 bits per heavy atom. The van der Waals surface area contributed by atoms with Gasteiger partial charge in [0, 0.05) is 11.1 Å². The van der Waals surface area contributed by atoms with Crippen LogP contribution in [0.1, 0.15) is 20.7 Å². The summed E-state index contributed by atoms with van der Waals surface area (Å²) < 4.78 is 5.71. The lowest BCUT2D eigenvalue weighted by molar-refractivity contribution is 0.0688. The number of rotatable bonds is 4. The number of para-hydroxylation sites is 2. The summed E-state index contributed by atoms with van der Waals surface area (Å²) in [6.45, 7) is 0. The van der Waals surface area contributed by atoms with E-state index in [0.29, 0.717) is 16.5 Å². The van der Waals surface area contributed by atoms with Crippen LogP contribution in [0.3, 0.4) is 0 Å². The summed E-state index contributed by atoms with van der Waals surface area (Å²) in [6.07, 6.45) is 0. The summed E-state index contributed by atoms with van der Waals surface area (Å²) in [7, 11) is 0. The Labute approximate surface area is 147 Å². The number of aromatic carboxylic acids is 2. The monoisotopic (exact) mass is 347 g/mol. The third kappa shape index (κ3) is 2.44. The van der Waals surface area contributed by atoms with Crippen LogP contribution in [0, 0.1) is 0 Å². The zero-order valence-corrected chi connectivity index (χ0v) is 13.4. The van der Waals surface area contributed by atoms with Crippen molar-refractivity contribution in [1.82, 2.24) is 0 Å². The smallest absolute Gasteiger partial charge is 0.339 e. The first-order valence-electron chi connectivity index (χ1n) is 7.83. The summed E-state index contributed by atoms with van der Waals surface area (Å²) in [4.78, 5) is 23.1. The van der Waals surface area contributed by atoms with E-state index in [-0.39, 0.29) is 22.3 Å². The number of carboxylic acids is 2. The second-order valence-corrected chi connectivity index (χ2v) is 5.75. The molecule has 0 bridgehead atoms. The van der Waals surface area contributed by atoms with E-state index in [1.807, 2.05) is 30.3 Å². The van der Waals surface area contributed by atoms with E-state index in [9.17, 15) is 19.8 Å². The summed E-state index contributed by atoms with van der Waals surface area (Å²) in [5, 5.41) is 23.2. The maximum atomic E-state index is 11.6. The molecule has 128 valence electrons. The molecule has 3 aromatic carbocycles. The molecule has 0 fully saturated rings. The van der Waals surface area contributed by atoms with Gasteiger partial charge in [0.25, 0.3) is 0 Å². The van der Waals surface area contributed by atoms with E-state index in [4.69, 9.17) is 4.42 Å². The number of benzene rings is 3. The molecule has 0 aliphatic rings. The van der Waals surface area contributed by atoms with Crippen LogP contribution in [0.5, 0.6) is 0 Å². The van der Waals surface area contributed by atoms with Crippen LogP contribution in [0.15, 0.2) is 65.1 Å². The summed E-state index contributed by atoms with van der Waals surface area (Å²) in [5.74, 6) is -2.28. The summed E-state index contributed by atoms with van der Waals surface area (Å²) in [5.41, 5.74) is 1.71. The highest BCUT2D eigenvalue weighted by atomic mass is 16.4. The molecule has 1 heterocycles. The minimum absolute atomic E-state index is 0.0132. The van der Waals surface area contributed by atoms with Gasteiger partial charge >= 0.3 is 11.9 Å². The Morgan fingerprint density at radius 3 is 2.15 bits per heavy atom. The first kappa shape index (κ1) is 15.7. The van der Waals surface area contributed by atoms with Gasteiger partial charge in [0.05, 0.1) is 11.1 Å². The van der Waals surface area contributed by atoms with Crippen LogP contribution < -0.4 is 5.32 Å². The SMILES string of the molecule is O=C(O)c1cccc2c1oc1c(C(=O)O)ccc(Nc3ccccc3)c12. The normalized spacial score (nSPS) is 10.9. The van der Waals surface area contributed by atoms with Crippen molar-refractivity contribution in [1.29, 1.82) is 0 Å². The van der Waals surface area contributed by atoms with Gasteiger partial charge < -0.3 is 19.9 Å². The fraction of sp³-hybridized carbons (Fsp3) is 0. The molecular formula is C20H13NO5. The van der Waals surface area contributed by atoms with E-state index < -0.39 is 11.9 Å². The second-order valence-electron chi connectivity index (χ2n) is 5.75. The number of furan rings is 1. The molecule has 0 radical (unpaired) electrons. The molecule has 4 rings (SSSR count). The first-order chi connectivity index (χ1) is 12.6. The van der Waals surface area contributed by atoms with Gasteiger partial charge in [0.15, 0.2) is 5.58 Å².